The number of carbonyl (C=O) groups excluding carboxylic acids is 1. The Bertz CT molecular complexity index is 545. The Kier molecular flexibility index (Phi) is 4.71. The Balaban J connectivity index is 1.58. The number of amides is 1. The number of rotatable bonds is 4. The van der Waals surface area contributed by atoms with Crippen LogP contribution < -0.4 is 0 Å². The van der Waals surface area contributed by atoms with Gasteiger partial charge < -0.3 is 9.47 Å². The first-order valence-corrected chi connectivity index (χ1v) is 8.91. The third kappa shape index (κ3) is 3.42. The first-order valence-electron chi connectivity index (χ1n) is 8.91. The highest BCUT2D eigenvalue weighted by molar-refractivity contribution is 5.77. The molecule has 0 N–H and O–H groups in total. The van der Waals surface area contributed by atoms with Crippen molar-refractivity contribution in [2.45, 2.75) is 59.0 Å². The lowest BCUT2D eigenvalue weighted by atomic mass is 9.72. The zero-order valence-corrected chi connectivity index (χ0v) is 14.7. The summed E-state index contributed by atoms with van der Waals surface area (Å²) in [7, 11) is 0. The van der Waals surface area contributed by atoms with Crippen LogP contribution in [0.3, 0.4) is 0 Å². The normalized spacial score (nSPS) is 22.3. The van der Waals surface area contributed by atoms with E-state index >= 15 is 0 Å². The minimum Gasteiger partial charge on any atom is -0.342 e. The lowest BCUT2D eigenvalue weighted by Gasteiger charge is -2.47. The van der Waals surface area contributed by atoms with Crippen molar-refractivity contribution in [2.24, 2.45) is 5.41 Å². The van der Waals surface area contributed by atoms with E-state index in [1.54, 1.807) is 0 Å². The molecule has 0 aromatic carbocycles. The summed E-state index contributed by atoms with van der Waals surface area (Å²) in [6.45, 7) is 11.3. The van der Waals surface area contributed by atoms with Gasteiger partial charge in [-0.1, -0.05) is 0 Å². The van der Waals surface area contributed by atoms with E-state index in [1.807, 2.05) is 6.33 Å². The fraction of sp³-hybridized carbons (Fsp3) is 0.824. The molecule has 1 aromatic rings. The quantitative estimate of drug-likeness (QED) is 0.853. The van der Waals surface area contributed by atoms with Gasteiger partial charge in [0.2, 0.25) is 5.91 Å². The van der Waals surface area contributed by atoms with Gasteiger partial charge >= 0.3 is 0 Å². The molecule has 2 aliphatic rings. The number of piperidine rings is 2. The van der Waals surface area contributed by atoms with Crippen molar-refractivity contribution in [1.29, 1.82) is 0 Å². The monoisotopic (exact) mass is 319 g/mol. The average Bonchev–Trinajstić information content (AvgIpc) is 3.01. The molecule has 2 aliphatic heterocycles. The van der Waals surface area contributed by atoms with Gasteiger partial charge in [-0.2, -0.15) is 0 Å². The van der Waals surface area contributed by atoms with E-state index < -0.39 is 0 Å². The summed E-state index contributed by atoms with van der Waals surface area (Å²) in [6, 6.07) is 0.401. The van der Waals surface area contributed by atoms with Crippen molar-refractivity contribution in [2.75, 3.05) is 26.2 Å². The highest BCUT2D eigenvalue weighted by atomic mass is 16.2. The second-order valence-electron chi connectivity index (χ2n) is 7.43. The molecule has 0 radical (unpaired) electrons. The third-order valence-corrected chi connectivity index (χ3v) is 5.62. The minimum atomic E-state index is 0.339. The molecule has 6 heteroatoms. The first kappa shape index (κ1) is 16.4. The summed E-state index contributed by atoms with van der Waals surface area (Å²) >= 11 is 0. The molecule has 0 bridgehead atoms. The van der Waals surface area contributed by atoms with E-state index in [1.165, 1.54) is 12.8 Å². The van der Waals surface area contributed by atoms with Gasteiger partial charge in [0.05, 0.1) is 6.54 Å². The number of hydrogen-bond donors (Lipinski definition) is 0. The summed E-state index contributed by atoms with van der Waals surface area (Å²) < 4.78 is 2.16. The lowest BCUT2D eigenvalue weighted by molar-refractivity contribution is -0.138. The maximum atomic E-state index is 11.9. The number of hydrogen-bond acceptors (Lipinski definition) is 4. The molecule has 1 spiro atoms. The molecular weight excluding hydrogens is 290 g/mol. The van der Waals surface area contributed by atoms with E-state index in [9.17, 15) is 4.79 Å². The van der Waals surface area contributed by atoms with E-state index in [0.29, 0.717) is 17.4 Å². The number of likely N-dealkylation sites (tertiary alicyclic amines) is 2. The van der Waals surface area contributed by atoms with Crippen molar-refractivity contribution in [3.63, 3.8) is 0 Å². The Morgan fingerprint density at radius 3 is 2.65 bits per heavy atom. The Labute approximate surface area is 138 Å². The maximum absolute atomic E-state index is 11.9. The van der Waals surface area contributed by atoms with Crippen molar-refractivity contribution in [3.8, 4) is 0 Å². The zero-order valence-electron chi connectivity index (χ0n) is 14.7. The number of carbonyl (C=O) groups is 1. The Hall–Kier alpha value is -1.43. The molecule has 1 aromatic heterocycles. The summed E-state index contributed by atoms with van der Waals surface area (Å²) in [6.07, 6.45) is 6.00. The second kappa shape index (κ2) is 6.59. The van der Waals surface area contributed by atoms with Gasteiger partial charge in [0.1, 0.15) is 12.2 Å². The van der Waals surface area contributed by atoms with Crippen molar-refractivity contribution < 1.29 is 4.79 Å². The molecule has 23 heavy (non-hydrogen) atoms. The lowest BCUT2D eigenvalue weighted by Crippen LogP contribution is -2.51. The summed E-state index contributed by atoms with van der Waals surface area (Å²) in [5, 5.41) is 8.35. The van der Waals surface area contributed by atoms with Crippen molar-refractivity contribution in [1.82, 2.24) is 24.6 Å². The fourth-order valence-electron chi connectivity index (χ4n) is 4.00. The van der Waals surface area contributed by atoms with Crippen LogP contribution in [-0.4, -0.2) is 56.7 Å². The smallest absolute Gasteiger partial charge is 0.222 e. The predicted octanol–water partition coefficient (Wildman–Crippen LogP) is 2.08. The minimum absolute atomic E-state index is 0.339. The highest BCUT2D eigenvalue weighted by Gasteiger charge is 2.40. The topological polar surface area (TPSA) is 54.3 Å². The van der Waals surface area contributed by atoms with Crippen LogP contribution in [0.1, 0.15) is 58.3 Å². The second-order valence-corrected chi connectivity index (χ2v) is 7.43. The van der Waals surface area contributed by atoms with Crippen LogP contribution in [0.2, 0.25) is 0 Å². The molecule has 128 valence electrons. The fourth-order valence-corrected chi connectivity index (χ4v) is 4.00. The van der Waals surface area contributed by atoms with Gasteiger partial charge in [0, 0.05) is 25.6 Å². The molecule has 0 saturated carbocycles. The van der Waals surface area contributed by atoms with Gasteiger partial charge in [0.15, 0.2) is 0 Å². The summed E-state index contributed by atoms with van der Waals surface area (Å²) in [5.41, 5.74) is 0.353. The molecule has 0 aliphatic carbocycles. The van der Waals surface area contributed by atoms with Gasteiger partial charge in [-0.25, -0.2) is 0 Å². The van der Waals surface area contributed by atoms with Gasteiger partial charge in [0.25, 0.3) is 0 Å². The van der Waals surface area contributed by atoms with Crippen LogP contribution in [-0.2, 0) is 11.3 Å². The largest absolute Gasteiger partial charge is 0.342 e. The SMILES string of the molecule is CCN1CC2(CCC1=O)CCN(Cc1nncn1C(C)C)CC2. The number of aromatic nitrogens is 3. The van der Waals surface area contributed by atoms with E-state index in [-0.39, 0.29) is 0 Å². The standard InChI is InChI=1S/C17H29N5O/c1-4-21-12-17(6-5-16(21)23)7-9-20(10-8-17)11-15-19-18-13-22(15)14(2)3/h13-14H,4-12H2,1-3H3. The molecule has 0 unspecified atom stereocenters. The van der Waals surface area contributed by atoms with E-state index in [4.69, 9.17) is 0 Å². The zero-order chi connectivity index (χ0) is 16.4. The van der Waals surface area contributed by atoms with Crippen molar-refractivity contribution >= 4 is 5.91 Å². The molecule has 2 fully saturated rings. The van der Waals surface area contributed by atoms with Crippen molar-refractivity contribution in [3.05, 3.63) is 12.2 Å². The Morgan fingerprint density at radius 1 is 1.26 bits per heavy atom. The molecule has 6 nitrogen and oxygen atoms in total. The molecule has 1 amide bonds. The first-order chi connectivity index (χ1) is 11.0. The van der Waals surface area contributed by atoms with E-state index in [2.05, 4.69) is 45.3 Å². The molecule has 2 saturated heterocycles. The van der Waals surface area contributed by atoms with Crippen LogP contribution in [0.4, 0.5) is 0 Å². The molecule has 3 rings (SSSR count). The maximum Gasteiger partial charge on any atom is 0.222 e. The molecular formula is C17H29N5O. The number of nitrogens with zero attached hydrogens (tertiary/aromatic N) is 5. The van der Waals surface area contributed by atoms with Crippen LogP contribution in [0.15, 0.2) is 6.33 Å². The third-order valence-electron chi connectivity index (χ3n) is 5.62. The van der Waals surface area contributed by atoms with Crippen LogP contribution in [0.5, 0.6) is 0 Å². The summed E-state index contributed by atoms with van der Waals surface area (Å²) in [5.74, 6) is 1.40. The Morgan fingerprint density at radius 2 is 2.00 bits per heavy atom. The predicted molar refractivity (Wildman–Crippen MR) is 88.8 cm³/mol. The van der Waals surface area contributed by atoms with Crippen LogP contribution in [0, 0.1) is 5.41 Å². The van der Waals surface area contributed by atoms with Crippen LogP contribution >= 0.6 is 0 Å². The average molecular weight is 319 g/mol. The van der Waals surface area contributed by atoms with Crippen LogP contribution in [0.25, 0.3) is 0 Å². The van der Waals surface area contributed by atoms with Gasteiger partial charge in [-0.05, 0) is 58.5 Å². The molecule has 3 heterocycles. The van der Waals surface area contributed by atoms with E-state index in [0.717, 1.165) is 51.4 Å². The van der Waals surface area contributed by atoms with Gasteiger partial charge in [-0.3, -0.25) is 9.69 Å². The van der Waals surface area contributed by atoms with Gasteiger partial charge in [-0.15, -0.1) is 10.2 Å². The molecule has 0 atom stereocenters. The highest BCUT2D eigenvalue weighted by Crippen LogP contribution is 2.40. The summed E-state index contributed by atoms with van der Waals surface area (Å²) in [4.78, 5) is 16.5.